The van der Waals surface area contributed by atoms with Crippen molar-refractivity contribution in [1.82, 2.24) is 0 Å². The van der Waals surface area contributed by atoms with E-state index < -0.39 is 0 Å². The van der Waals surface area contributed by atoms with Gasteiger partial charge in [0, 0.05) is 13.0 Å². The molecule has 1 rings (SSSR count). The van der Waals surface area contributed by atoms with Gasteiger partial charge in [0.25, 0.3) is 0 Å². The van der Waals surface area contributed by atoms with Crippen LogP contribution in [0, 0.1) is 17.1 Å². The Bertz CT molecular complexity index is 326. The Hall–Kier alpha value is -1.27. The first-order valence-electron chi connectivity index (χ1n) is 4.30. The lowest BCUT2D eigenvalue weighted by atomic mass is 10.3. The van der Waals surface area contributed by atoms with Crippen molar-refractivity contribution in [3.63, 3.8) is 0 Å². The quantitative estimate of drug-likeness (QED) is 0.778. The molecule has 0 aliphatic heterocycles. The van der Waals surface area contributed by atoms with Crippen LogP contribution in [0.5, 0.6) is 0 Å². The molecule has 0 aliphatic rings. The fourth-order valence-electron chi connectivity index (χ4n) is 1.05. The first kappa shape index (κ1) is 10.8. The molecule has 0 aliphatic carbocycles. The maximum Gasteiger partial charge on any atom is 0.147 e. The average molecular weight is 213 g/mol. The number of anilines is 1. The van der Waals surface area contributed by atoms with Crippen LogP contribution in [0.1, 0.15) is 12.8 Å². The maximum absolute atomic E-state index is 13.1. The predicted octanol–water partition coefficient (Wildman–Crippen LogP) is 3.19. The minimum absolute atomic E-state index is 0.312. The summed E-state index contributed by atoms with van der Waals surface area (Å²) in [4.78, 5) is 0. The van der Waals surface area contributed by atoms with E-state index >= 15 is 0 Å². The Labute approximate surface area is 87.3 Å². The largest absolute Gasteiger partial charge is 0.381 e. The molecule has 1 aromatic rings. The number of benzene rings is 1. The van der Waals surface area contributed by atoms with E-state index in [1.165, 1.54) is 6.07 Å². The maximum atomic E-state index is 13.1. The second-order valence-corrected chi connectivity index (χ2v) is 3.19. The number of nitrogens with one attached hydrogen (secondary N) is 1. The van der Waals surface area contributed by atoms with Crippen LogP contribution in [0.4, 0.5) is 10.1 Å². The minimum Gasteiger partial charge on any atom is -0.381 e. The smallest absolute Gasteiger partial charge is 0.147 e. The van der Waals surface area contributed by atoms with Crippen LogP contribution in [0.15, 0.2) is 18.2 Å². The molecule has 0 spiro atoms. The van der Waals surface area contributed by atoms with Crippen molar-refractivity contribution >= 4 is 17.3 Å². The Morgan fingerprint density at radius 2 is 2.29 bits per heavy atom. The molecule has 4 heteroatoms. The van der Waals surface area contributed by atoms with Crippen molar-refractivity contribution in [3.8, 4) is 6.07 Å². The summed E-state index contributed by atoms with van der Waals surface area (Å²) in [6, 6.07) is 6.54. The van der Waals surface area contributed by atoms with Crippen LogP contribution in [0.3, 0.4) is 0 Å². The SMILES string of the molecule is N#CCCCNc1c(F)cccc1Cl. The molecule has 2 nitrogen and oxygen atoms in total. The molecule has 0 unspecified atom stereocenters. The summed E-state index contributed by atoms with van der Waals surface area (Å²) in [6.45, 7) is 0.550. The van der Waals surface area contributed by atoms with Gasteiger partial charge in [0.05, 0.1) is 16.8 Å². The van der Waals surface area contributed by atoms with Crippen molar-refractivity contribution in [2.24, 2.45) is 0 Å². The van der Waals surface area contributed by atoms with Crippen molar-refractivity contribution in [2.75, 3.05) is 11.9 Å². The third kappa shape index (κ3) is 2.90. The lowest BCUT2D eigenvalue weighted by molar-refractivity contribution is 0.630. The molecule has 0 saturated heterocycles. The summed E-state index contributed by atoms with van der Waals surface area (Å²) < 4.78 is 13.1. The van der Waals surface area contributed by atoms with E-state index in [1.54, 1.807) is 12.1 Å². The highest BCUT2D eigenvalue weighted by atomic mass is 35.5. The van der Waals surface area contributed by atoms with Gasteiger partial charge in [-0.05, 0) is 18.6 Å². The highest BCUT2D eigenvalue weighted by molar-refractivity contribution is 6.33. The summed E-state index contributed by atoms with van der Waals surface area (Å²) >= 11 is 5.77. The molecule has 0 saturated carbocycles. The summed E-state index contributed by atoms with van der Waals surface area (Å²) in [5.74, 6) is -0.366. The number of para-hydroxylation sites is 1. The zero-order valence-corrected chi connectivity index (χ0v) is 8.31. The number of hydrogen-bond acceptors (Lipinski definition) is 2. The van der Waals surface area contributed by atoms with Gasteiger partial charge in [-0.15, -0.1) is 0 Å². The molecule has 0 atom stereocenters. The molecule has 74 valence electrons. The molecule has 0 fully saturated rings. The van der Waals surface area contributed by atoms with E-state index in [1.807, 2.05) is 6.07 Å². The van der Waals surface area contributed by atoms with Crippen molar-refractivity contribution in [1.29, 1.82) is 5.26 Å². The van der Waals surface area contributed by atoms with Crippen molar-refractivity contribution in [3.05, 3.63) is 29.0 Å². The van der Waals surface area contributed by atoms with Crippen LogP contribution >= 0.6 is 11.6 Å². The lowest BCUT2D eigenvalue weighted by Gasteiger charge is -2.07. The monoisotopic (exact) mass is 212 g/mol. The molecular weight excluding hydrogens is 203 g/mol. The molecule has 14 heavy (non-hydrogen) atoms. The van der Waals surface area contributed by atoms with Gasteiger partial charge in [-0.3, -0.25) is 0 Å². The van der Waals surface area contributed by atoms with Gasteiger partial charge in [-0.25, -0.2) is 4.39 Å². The van der Waals surface area contributed by atoms with Crippen LogP contribution in [0.2, 0.25) is 5.02 Å². The van der Waals surface area contributed by atoms with Gasteiger partial charge in [0.15, 0.2) is 0 Å². The number of nitriles is 1. The predicted molar refractivity (Wildman–Crippen MR) is 54.7 cm³/mol. The van der Waals surface area contributed by atoms with E-state index in [0.717, 1.165) is 0 Å². The fourth-order valence-corrected chi connectivity index (χ4v) is 1.28. The topological polar surface area (TPSA) is 35.8 Å². The Morgan fingerprint density at radius 1 is 1.50 bits per heavy atom. The van der Waals surface area contributed by atoms with Crippen molar-refractivity contribution in [2.45, 2.75) is 12.8 Å². The zero-order chi connectivity index (χ0) is 10.4. The summed E-state index contributed by atoms with van der Waals surface area (Å²) in [7, 11) is 0. The van der Waals surface area contributed by atoms with Crippen LogP contribution in [-0.2, 0) is 0 Å². The first-order valence-corrected chi connectivity index (χ1v) is 4.68. The first-order chi connectivity index (χ1) is 6.75. The molecular formula is C10H10ClFN2. The Morgan fingerprint density at radius 3 is 2.93 bits per heavy atom. The van der Waals surface area contributed by atoms with Crippen molar-refractivity contribution < 1.29 is 4.39 Å². The van der Waals surface area contributed by atoms with E-state index in [-0.39, 0.29) is 5.82 Å². The molecule has 0 heterocycles. The van der Waals surface area contributed by atoms with Gasteiger partial charge in [-0.1, -0.05) is 17.7 Å². The van der Waals surface area contributed by atoms with Crippen LogP contribution < -0.4 is 5.32 Å². The molecule has 1 N–H and O–H groups in total. The van der Waals surface area contributed by atoms with E-state index in [2.05, 4.69) is 5.32 Å². The van der Waals surface area contributed by atoms with Gasteiger partial charge in [0.1, 0.15) is 5.82 Å². The normalized spacial score (nSPS) is 9.50. The van der Waals surface area contributed by atoms with Gasteiger partial charge >= 0.3 is 0 Å². The third-order valence-electron chi connectivity index (χ3n) is 1.73. The van der Waals surface area contributed by atoms with Gasteiger partial charge in [-0.2, -0.15) is 5.26 Å². The summed E-state index contributed by atoms with van der Waals surface area (Å²) in [6.07, 6.45) is 1.14. The Balaban J connectivity index is 2.54. The van der Waals surface area contributed by atoms with E-state index in [9.17, 15) is 4.39 Å². The molecule has 0 amide bonds. The number of halogens is 2. The fraction of sp³-hybridized carbons (Fsp3) is 0.300. The average Bonchev–Trinajstić information content (AvgIpc) is 2.16. The number of rotatable bonds is 4. The second kappa shape index (κ2) is 5.46. The van der Waals surface area contributed by atoms with Crippen LogP contribution in [-0.4, -0.2) is 6.54 Å². The molecule has 0 radical (unpaired) electrons. The molecule has 0 aromatic heterocycles. The highest BCUT2D eigenvalue weighted by Crippen LogP contribution is 2.24. The summed E-state index contributed by atoms with van der Waals surface area (Å²) in [5.41, 5.74) is 0.312. The lowest BCUT2D eigenvalue weighted by Crippen LogP contribution is -2.03. The van der Waals surface area contributed by atoms with Gasteiger partial charge in [0.2, 0.25) is 0 Å². The van der Waals surface area contributed by atoms with E-state index in [4.69, 9.17) is 16.9 Å². The van der Waals surface area contributed by atoms with E-state index in [0.29, 0.717) is 30.1 Å². The molecule has 1 aromatic carbocycles. The number of unbranched alkanes of at least 4 members (excludes halogenated alkanes) is 1. The molecule has 0 bridgehead atoms. The standard InChI is InChI=1S/C10H10ClFN2/c11-8-4-3-5-9(12)10(8)14-7-2-1-6-13/h3-5,14H,1-2,7H2. The minimum atomic E-state index is -0.366. The third-order valence-corrected chi connectivity index (χ3v) is 2.04. The number of nitrogens with zero attached hydrogens (tertiary/aromatic N) is 1. The zero-order valence-electron chi connectivity index (χ0n) is 7.56. The van der Waals surface area contributed by atoms with Gasteiger partial charge < -0.3 is 5.32 Å². The summed E-state index contributed by atoms with van der Waals surface area (Å²) in [5, 5.41) is 11.5. The van der Waals surface area contributed by atoms with Crippen LogP contribution in [0.25, 0.3) is 0 Å². The number of hydrogen-bond donors (Lipinski definition) is 1. The highest BCUT2D eigenvalue weighted by Gasteiger charge is 2.04. The second-order valence-electron chi connectivity index (χ2n) is 2.79. The Kier molecular flexibility index (Phi) is 4.21.